The predicted octanol–water partition coefficient (Wildman–Crippen LogP) is 3.21. The number of hydrogen-bond acceptors (Lipinski definition) is 5. The molecule has 0 atom stereocenters. The Labute approximate surface area is 207 Å². The number of benzene rings is 2. The van der Waals surface area contributed by atoms with Crippen LogP contribution in [0.3, 0.4) is 0 Å². The third-order valence-electron chi connectivity index (χ3n) is 6.86. The SMILES string of the molecule is COc1ccc(S(=O)(=O)N2CCC(C(=O)Nc3ccc(CC(=O)N4CCCC4)cc3)CC2)cc1C. The summed E-state index contributed by atoms with van der Waals surface area (Å²) in [6.07, 6.45) is 3.44. The zero-order chi connectivity index (χ0) is 25.0. The van der Waals surface area contributed by atoms with E-state index in [1.165, 1.54) is 4.31 Å². The maximum absolute atomic E-state index is 13.1. The summed E-state index contributed by atoms with van der Waals surface area (Å²) in [5.74, 6) is 0.426. The molecule has 0 aromatic heterocycles. The Kier molecular flexibility index (Phi) is 7.76. The van der Waals surface area contributed by atoms with Crippen molar-refractivity contribution in [1.29, 1.82) is 0 Å². The fraction of sp³-hybridized carbons (Fsp3) is 0.462. The van der Waals surface area contributed by atoms with Crippen LogP contribution in [0.1, 0.15) is 36.8 Å². The Morgan fingerprint density at radius 1 is 1.00 bits per heavy atom. The lowest BCUT2D eigenvalue weighted by molar-refractivity contribution is -0.129. The second-order valence-corrected chi connectivity index (χ2v) is 11.2. The molecule has 0 saturated carbocycles. The third-order valence-corrected chi connectivity index (χ3v) is 8.76. The number of nitrogens with one attached hydrogen (secondary N) is 1. The zero-order valence-corrected chi connectivity index (χ0v) is 21.1. The largest absolute Gasteiger partial charge is 0.496 e. The van der Waals surface area contributed by atoms with Crippen molar-refractivity contribution in [3.8, 4) is 5.75 Å². The van der Waals surface area contributed by atoms with Gasteiger partial charge in [-0.25, -0.2) is 8.42 Å². The van der Waals surface area contributed by atoms with Crippen molar-refractivity contribution in [2.24, 2.45) is 5.92 Å². The van der Waals surface area contributed by atoms with E-state index in [1.807, 2.05) is 36.1 Å². The molecule has 2 heterocycles. The highest BCUT2D eigenvalue weighted by molar-refractivity contribution is 7.89. The Morgan fingerprint density at radius 3 is 2.26 bits per heavy atom. The van der Waals surface area contributed by atoms with Crippen molar-refractivity contribution in [2.45, 2.75) is 43.9 Å². The molecule has 0 spiro atoms. The van der Waals surface area contributed by atoms with Gasteiger partial charge in [0.2, 0.25) is 21.8 Å². The summed E-state index contributed by atoms with van der Waals surface area (Å²) in [6, 6.07) is 12.2. The highest BCUT2D eigenvalue weighted by Gasteiger charge is 2.32. The molecule has 0 unspecified atom stereocenters. The number of rotatable bonds is 7. The summed E-state index contributed by atoms with van der Waals surface area (Å²) in [6.45, 7) is 4.08. The van der Waals surface area contributed by atoms with Crippen molar-refractivity contribution in [1.82, 2.24) is 9.21 Å². The number of nitrogens with zero attached hydrogens (tertiary/aromatic N) is 2. The average molecular weight is 500 g/mol. The Bertz CT molecular complexity index is 1170. The Morgan fingerprint density at radius 2 is 1.66 bits per heavy atom. The number of ether oxygens (including phenoxy) is 1. The zero-order valence-electron chi connectivity index (χ0n) is 20.3. The molecule has 2 aliphatic heterocycles. The number of carbonyl (C=O) groups excluding carboxylic acids is 2. The van der Waals surface area contributed by atoms with E-state index in [2.05, 4.69) is 5.32 Å². The first-order valence-electron chi connectivity index (χ1n) is 12.1. The molecule has 2 aromatic rings. The van der Waals surface area contributed by atoms with Crippen LogP contribution in [-0.2, 0) is 26.0 Å². The number of methoxy groups -OCH3 is 1. The van der Waals surface area contributed by atoms with Crippen LogP contribution in [0.5, 0.6) is 5.75 Å². The second-order valence-electron chi connectivity index (χ2n) is 9.26. The fourth-order valence-corrected chi connectivity index (χ4v) is 6.28. The standard InChI is InChI=1S/C26H33N3O5S/c1-19-17-23(9-10-24(19)34-2)35(32,33)29-15-11-21(12-16-29)26(31)27-22-7-5-20(6-8-22)18-25(30)28-13-3-4-14-28/h5-10,17,21H,3-4,11-16,18H2,1-2H3,(H,27,31). The maximum Gasteiger partial charge on any atom is 0.243 e. The average Bonchev–Trinajstić information content (AvgIpc) is 3.40. The van der Waals surface area contributed by atoms with E-state index in [9.17, 15) is 18.0 Å². The number of piperidine rings is 1. The second kappa shape index (κ2) is 10.8. The molecule has 0 radical (unpaired) electrons. The van der Waals surface area contributed by atoms with Gasteiger partial charge < -0.3 is 15.0 Å². The molecule has 2 aromatic carbocycles. The molecule has 8 nitrogen and oxygen atoms in total. The molecule has 2 aliphatic rings. The summed E-state index contributed by atoms with van der Waals surface area (Å²) in [7, 11) is -2.07. The van der Waals surface area contributed by atoms with Crippen molar-refractivity contribution in [3.05, 3.63) is 53.6 Å². The normalized spacial score (nSPS) is 17.4. The van der Waals surface area contributed by atoms with Gasteiger partial charge in [-0.3, -0.25) is 9.59 Å². The molecule has 0 bridgehead atoms. The molecule has 1 N–H and O–H groups in total. The van der Waals surface area contributed by atoms with Gasteiger partial charge in [-0.2, -0.15) is 4.31 Å². The van der Waals surface area contributed by atoms with Crippen LogP contribution in [0.15, 0.2) is 47.4 Å². The highest BCUT2D eigenvalue weighted by Crippen LogP contribution is 2.28. The lowest BCUT2D eigenvalue weighted by Crippen LogP contribution is -2.41. The highest BCUT2D eigenvalue weighted by atomic mass is 32.2. The number of aryl methyl sites for hydroxylation is 1. The first-order valence-corrected chi connectivity index (χ1v) is 13.5. The van der Waals surface area contributed by atoms with Crippen molar-refractivity contribution in [2.75, 3.05) is 38.6 Å². The summed E-state index contributed by atoms with van der Waals surface area (Å²) in [4.78, 5) is 27.3. The predicted molar refractivity (Wildman–Crippen MR) is 134 cm³/mol. The van der Waals surface area contributed by atoms with Crippen LogP contribution in [0.25, 0.3) is 0 Å². The third kappa shape index (κ3) is 5.85. The molecule has 2 saturated heterocycles. The van der Waals surface area contributed by atoms with E-state index >= 15 is 0 Å². The fourth-order valence-electron chi connectivity index (χ4n) is 4.72. The molecular weight excluding hydrogens is 466 g/mol. The summed E-state index contributed by atoms with van der Waals surface area (Å²) in [5, 5.41) is 2.94. The smallest absolute Gasteiger partial charge is 0.243 e. The Balaban J connectivity index is 1.29. The van der Waals surface area contributed by atoms with Gasteiger partial charge in [-0.05, 0) is 74.1 Å². The lowest BCUT2D eigenvalue weighted by Gasteiger charge is -2.30. The summed E-state index contributed by atoms with van der Waals surface area (Å²) < 4.78 is 32.8. The Hall–Kier alpha value is -2.91. The van der Waals surface area contributed by atoms with E-state index in [0.717, 1.165) is 37.1 Å². The number of carbonyl (C=O) groups is 2. The molecule has 9 heteroatoms. The minimum Gasteiger partial charge on any atom is -0.496 e. The van der Waals surface area contributed by atoms with Gasteiger partial charge in [0.15, 0.2) is 0 Å². The van der Waals surface area contributed by atoms with Gasteiger partial charge in [-0.1, -0.05) is 12.1 Å². The molecular formula is C26H33N3O5S. The van der Waals surface area contributed by atoms with Crippen LogP contribution in [0.4, 0.5) is 5.69 Å². The molecule has 0 aliphatic carbocycles. The van der Waals surface area contributed by atoms with Crippen LogP contribution in [-0.4, -0.2) is 62.7 Å². The van der Waals surface area contributed by atoms with E-state index in [4.69, 9.17) is 4.74 Å². The monoisotopic (exact) mass is 499 g/mol. The van der Waals surface area contributed by atoms with E-state index < -0.39 is 10.0 Å². The minimum absolute atomic E-state index is 0.108. The van der Waals surface area contributed by atoms with Crippen LogP contribution < -0.4 is 10.1 Å². The van der Waals surface area contributed by atoms with Gasteiger partial charge in [-0.15, -0.1) is 0 Å². The lowest BCUT2D eigenvalue weighted by atomic mass is 9.97. The van der Waals surface area contributed by atoms with Crippen molar-refractivity contribution >= 4 is 27.5 Å². The topological polar surface area (TPSA) is 96.0 Å². The molecule has 2 amide bonds. The van der Waals surface area contributed by atoms with Crippen LogP contribution in [0.2, 0.25) is 0 Å². The summed E-state index contributed by atoms with van der Waals surface area (Å²) in [5.41, 5.74) is 2.36. The van der Waals surface area contributed by atoms with E-state index in [1.54, 1.807) is 25.3 Å². The first kappa shape index (κ1) is 25.2. The van der Waals surface area contributed by atoms with Gasteiger partial charge >= 0.3 is 0 Å². The number of anilines is 1. The first-order chi connectivity index (χ1) is 16.8. The number of hydrogen-bond donors (Lipinski definition) is 1. The van der Waals surface area contributed by atoms with E-state index in [0.29, 0.717) is 43.8 Å². The van der Waals surface area contributed by atoms with Crippen molar-refractivity contribution < 1.29 is 22.7 Å². The number of sulfonamides is 1. The van der Waals surface area contributed by atoms with Gasteiger partial charge in [0, 0.05) is 37.8 Å². The number of likely N-dealkylation sites (tertiary alicyclic amines) is 1. The van der Waals surface area contributed by atoms with Gasteiger partial charge in [0.25, 0.3) is 0 Å². The summed E-state index contributed by atoms with van der Waals surface area (Å²) >= 11 is 0. The number of amides is 2. The van der Waals surface area contributed by atoms with Gasteiger partial charge in [0.05, 0.1) is 18.4 Å². The molecule has 4 rings (SSSR count). The van der Waals surface area contributed by atoms with Crippen molar-refractivity contribution in [3.63, 3.8) is 0 Å². The van der Waals surface area contributed by atoms with Gasteiger partial charge in [0.1, 0.15) is 5.75 Å². The van der Waals surface area contributed by atoms with E-state index in [-0.39, 0.29) is 22.6 Å². The maximum atomic E-state index is 13.1. The minimum atomic E-state index is -3.62. The van der Waals surface area contributed by atoms with Crippen LogP contribution >= 0.6 is 0 Å². The quantitative estimate of drug-likeness (QED) is 0.631. The van der Waals surface area contributed by atoms with Crippen LogP contribution in [0, 0.1) is 12.8 Å². The molecule has 35 heavy (non-hydrogen) atoms. The molecule has 2 fully saturated rings. The molecule has 188 valence electrons.